The predicted molar refractivity (Wildman–Crippen MR) is 93.9 cm³/mol. The number of morpholine rings is 1. The van der Waals surface area contributed by atoms with Gasteiger partial charge in [0.15, 0.2) is 11.6 Å². The first-order chi connectivity index (χ1) is 11.7. The zero-order valence-electron chi connectivity index (χ0n) is 13.2. The van der Waals surface area contributed by atoms with Crippen LogP contribution in [0.25, 0.3) is 11.0 Å². The smallest absolute Gasteiger partial charge is 0.322 e. The maximum atomic E-state index is 12.6. The van der Waals surface area contributed by atoms with Gasteiger partial charge in [0, 0.05) is 46.8 Å². The van der Waals surface area contributed by atoms with Crippen molar-refractivity contribution in [2.75, 3.05) is 31.2 Å². The van der Waals surface area contributed by atoms with E-state index >= 15 is 0 Å². The number of nitrogens with one attached hydrogen (secondary N) is 1. The maximum Gasteiger partial charge on any atom is 0.322 e. The number of anilines is 1. The molecule has 9 heteroatoms. The topological polar surface area (TPSA) is 90.0 Å². The van der Waals surface area contributed by atoms with Gasteiger partial charge in [-0.15, -0.1) is 11.3 Å². The standard InChI is InChI=1S/C15H17N5O2S2/c1-10-6-16-13(19-14(10)20-2-4-22-5-3-20)9-24(21)15-17-11-7-23-8-12(11)18-15/h6-8H,2-5,9H2,1H3,(H,17,18). The molecule has 0 saturated carbocycles. The van der Waals surface area contributed by atoms with Crippen molar-refractivity contribution in [2.24, 2.45) is 0 Å². The van der Waals surface area contributed by atoms with Gasteiger partial charge in [0.05, 0.1) is 18.7 Å². The van der Waals surface area contributed by atoms with Crippen LogP contribution in [0.3, 0.4) is 0 Å². The molecule has 0 amide bonds. The molecule has 3 aromatic heterocycles. The molecule has 1 fully saturated rings. The van der Waals surface area contributed by atoms with Crippen LogP contribution in [0.15, 0.2) is 22.1 Å². The number of hydrogen-bond donors (Lipinski definition) is 1. The third-order valence-corrected chi connectivity index (χ3v) is 5.76. The molecule has 24 heavy (non-hydrogen) atoms. The number of imidazole rings is 1. The summed E-state index contributed by atoms with van der Waals surface area (Å²) in [6.45, 7) is 5.02. The lowest BCUT2D eigenvalue weighted by atomic mass is 10.3. The van der Waals surface area contributed by atoms with Crippen molar-refractivity contribution >= 4 is 39.4 Å². The summed E-state index contributed by atoms with van der Waals surface area (Å²) in [6, 6.07) is 0. The number of aromatic amines is 1. The molecule has 0 radical (unpaired) electrons. The monoisotopic (exact) mass is 363 g/mol. The lowest BCUT2D eigenvalue weighted by molar-refractivity contribution is 0.122. The van der Waals surface area contributed by atoms with E-state index in [2.05, 4.69) is 24.8 Å². The van der Waals surface area contributed by atoms with Crippen molar-refractivity contribution < 1.29 is 9.29 Å². The van der Waals surface area contributed by atoms with Crippen LogP contribution in [0, 0.1) is 6.92 Å². The molecule has 1 aliphatic heterocycles. The van der Waals surface area contributed by atoms with Crippen molar-refractivity contribution in [1.29, 1.82) is 0 Å². The van der Waals surface area contributed by atoms with Crippen LogP contribution < -0.4 is 4.90 Å². The van der Waals surface area contributed by atoms with Crippen LogP contribution >= 0.6 is 11.3 Å². The number of rotatable bonds is 4. The Balaban J connectivity index is 1.54. The van der Waals surface area contributed by atoms with Gasteiger partial charge in [0.2, 0.25) is 0 Å². The highest BCUT2D eigenvalue weighted by atomic mass is 32.2. The molecule has 4 heterocycles. The van der Waals surface area contributed by atoms with Crippen molar-refractivity contribution in [2.45, 2.75) is 17.8 Å². The quantitative estimate of drug-likeness (QED) is 0.712. The van der Waals surface area contributed by atoms with Gasteiger partial charge in [-0.25, -0.2) is 9.97 Å². The van der Waals surface area contributed by atoms with Crippen LogP contribution in [0.2, 0.25) is 0 Å². The van der Waals surface area contributed by atoms with E-state index in [1.54, 1.807) is 17.5 Å². The lowest BCUT2D eigenvalue weighted by Crippen LogP contribution is -2.37. The zero-order chi connectivity index (χ0) is 16.5. The van der Waals surface area contributed by atoms with E-state index in [1.165, 1.54) is 0 Å². The van der Waals surface area contributed by atoms with E-state index < -0.39 is 11.2 Å². The zero-order valence-corrected chi connectivity index (χ0v) is 14.8. The molecule has 1 atom stereocenters. The minimum absolute atomic E-state index is 0.247. The highest BCUT2D eigenvalue weighted by Crippen LogP contribution is 2.22. The number of aromatic nitrogens is 4. The summed E-state index contributed by atoms with van der Waals surface area (Å²) in [5.41, 5.74) is 2.79. The average molecular weight is 363 g/mol. The third-order valence-electron chi connectivity index (χ3n) is 3.89. The van der Waals surface area contributed by atoms with E-state index in [0.29, 0.717) is 24.2 Å². The number of H-pyrrole nitrogens is 1. The second-order valence-electron chi connectivity index (χ2n) is 5.59. The van der Waals surface area contributed by atoms with Crippen molar-refractivity contribution in [3.8, 4) is 0 Å². The van der Waals surface area contributed by atoms with Crippen LogP contribution in [-0.2, 0) is 21.7 Å². The molecule has 0 aromatic carbocycles. The minimum atomic E-state index is -1.30. The van der Waals surface area contributed by atoms with Crippen LogP contribution in [0.4, 0.5) is 5.82 Å². The molecular formula is C15H17N5O2S2. The first-order valence-electron chi connectivity index (χ1n) is 7.66. The van der Waals surface area contributed by atoms with E-state index in [-0.39, 0.29) is 5.75 Å². The summed E-state index contributed by atoms with van der Waals surface area (Å²) in [6.07, 6.45) is 1.80. The fraction of sp³-hybridized carbons (Fsp3) is 0.400. The van der Waals surface area contributed by atoms with Gasteiger partial charge in [0.1, 0.15) is 11.3 Å². The summed E-state index contributed by atoms with van der Waals surface area (Å²) in [7, 11) is 0. The average Bonchev–Trinajstić information content (AvgIpc) is 3.19. The van der Waals surface area contributed by atoms with E-state index in [1.807, 2.05) is 17.7 Å². The van der Waals surface area contributed by atoms with Gasteiger partial charge in [-0.3, -0.25) is 4.98 Å². The highest BCUT2D eigenvalue weighted by Gasteiger charge is 2.21. The first kappa shape index (κ1) is 15.8. The summed E-state index contributed by atoms with van der Waals surface area (Å²) in [4.78, 5) is 18.6. The van der Waals surface area contributed by atoms with Crippen molar-refractivity contribution in [3.05, 3.63) is 28.3 Å². The Hall–Kier alpha value is -1.68. The Bertz CT molecular complexity index is 815. The Morgan fingerprint density at radius 3 is 2.96 bits per heavy atom. The largest absolute Gasteiger partial charge is 0.609 e. The molecule has 4 rings (SSSR count). The van der Waals surface area contributed by atoms with Gasteiger partial charge in [0.25, 0.3) is 0 Å². The Kier molecular flexibility index (Phi) is 4.40. The Morgan fingerprint density at radius 2 is 2.17 bits per heavy atom. The van der Waals surface area contributed by atoms with Gasteiger partial charge in [-0.05, 0) is 6.92 Å². The number of nitrogens with zero attached hydrogens (tertiary/aromatic N) is 4. The van der Waals surface area contributed by atoms with Gasteiger partial charge in [-0.2, -0.15) is 4.98 Å². The SMILES string of the molecule is Cc1cnc(C[S+]([O-])c2nc3cscc3[nH]2)nc1N1CCOCC1. The van der Waals surface area contributed by atoms with Crippen molar-refractivity contribution in [3.63, 3.8) is 0 Å². The second-order valence-corrected chi connectivity index (χ2v) is 7.70. The van der Waals surface area contributed by atoms with Crippen LogP contribution in [0.1, 0.15) is 11.4 Å². The normalized spacial score (nSPS) is 16.7. The maximum absolute atomic E-state index is 12.6. The molecule has 1 saturated heterocycles. The van der Waals surface area contributed by atoms with E-state index in [4.69, 9.17) is 4.74 Å². The van der Waals surface area contributed by atoms with Gasteiger partial charge < -0.3 is 14.2 Å². The minimum Gasteiger partial charge on any atom is -0.609 e. The fourth-order valence-electron chi connectivity index (χ4n) is 2.65. The molecule has 3 aromatic rings. The van der Waals surface area contributed by atoms with Crippen LogP contribution in [-0.4, -0.2) is 50.8 Å². The summed E-state index contributed by atoms with van der Waals surface area (Å²) < 4.78 is 18.0. The molecule has 1 unspecified atom stereocenters. The molecular weight excluding hydrogens is 346 g/mol. The van der Waals surface area contributed by atoms with Gasteiger partial charge >= 0.3 is 5.16 Å². The summed E-state index contributed by atoms with van der Waals surface area (Å²) in [5, 5.41) is 4.37. The van der Waals surface area contributed by atoms with Crippen molar-refractivity contribution in [1.82, 2.24) is 19.9 Å². The fourth-order valence-corrected chi connectivity index (χ4v) is 4.28. The summed E-state index contributed by atoms with van der Waals surface area (Å²) in [5.74, 6) is 1.72. The Morgan fingerprint density at radius 1 is 1.33 bits per heavy atom. The third kappa shape index (κ3) is 3.12. The number of hydrogen-bond acceptors (Lipinski definition) is 7. The number of fused-ring (bicyclic) bond motifs is 1. The van der Waals surface area contributed by atoms with Gasteiger partial charge in [-0.1, -0.05) is 0 Å². The number of thiophene rings is 1. The molecule has 7 nitrogen and oxygen atoms in total. The predicted octanol–water partition coefficient (Wildman–Crippen LogP) is 1.87. The van der Waals surface area contributed by atoms with Crippen LogP contribution in [0.5, 0.6) is 0 Å². The first-order valence-corrected chi connectivity index (χ1v) is 9.92. The highest BCUT2D eigenvalue weighted by molar-refractivity contribution is 7.90. The second kappa shape index (κ2) is 6.67. The number of ether oxygens (including phenoxy) is 1. The molecule has 0 spiro atoms. The Labute approximate surface area is 146 Å². The molecule has 0 aliphatic carbocycles. The van der Waals surface area contributed by atoms with E-state index in [0.717, 1.165) is 35.5 Å². The molecule has 1 aliphatic rings. The molecule has 0 bridgehead atoms. The molecule has 1 N–H and O–H groups in total. The number of aryl methyl sites for hydroxylation is 1. The summed E-state index contributed by atoms with van der Waals surface area (Å²) >= 11 is 0.275. The van der Waals surface area contributed by atoms with E-state index in [9.17, 15) is 4.55 Å². The lowest BCUT2D eigenvalue weighted by Gasteiger charge is -2.29. The molecule has 126 valence electrons.